The predicted octanol–water partition coefficient (Wildman–Crippen LogP) is 5.83. The number of para-hydroxylation sites is 1. The van der Waals surface area contributed by atoms with Gasteiger partial charge in [0.1, 0.15) is 5.69 Å². The van der Waals surface area contributed by atoms with Gasteiger partial charge in [-0.2, -0.15) is 0 Å². The van der Waals surface area contributed by atoms with Gasteiger partial charge in [-0.25, -0.2) is 9.59 Å². The zero-order valence-electron chi connectivity index (χ0n) is 17.4. The minimum atomic E-state index is -0.569. The minimum absolute atomic E-state index is 0.0532. The Bertz CT molecular complexity index is 1200. The normalized spacial score (nSPS) is 10.4. The fourth-order valence-electron chi connectivity index (χ4n) is 3.22. The summed E-state index contributed by atoms with van der Waals surface area (Å²) in [6, 6.07) is 25.3. The second kappa shape index (κ2) is 9.61. The van der Waals surface area contributed by atoms with Crippen LogP contribution in [0.5, 0.6) is 0 Å². The van der Waals surface area contributed by atoms with E-state index in [1.165, 1.54) is 0 Å². The molecule has 0 bridgehead atoms. The van der Waals surface area contributed by atoms with Crippen molar-refractivity contribution in [1.29, 1.82) is 0 Å². The van der Waals surface area contributed by atoms with Crippen LogP contribution in [-0.4, -0.2) is 23.8 Å². The number of nitrogens with zero attached hydrogens (tertiary/aromatic N) is 1. The Hall–Kier alpha value is -4.39. The third-order valence-electron chi connectivity index (χ3n) is 4.66. The number of hydrogen-bond donors (Lipinski definition) is 2. The third kappa shape index (κ3) is 4.67. The van der Waals surface area contributed by atoms with Crippen LogP contribution in [0.4, 0.5) is 16.2 Å². The van der Waals surface area contributed by atoms with Crippen molar-refractivity contribution in [2.24, 2.45) is 0 Å². The zero-order chi connectivity index (χ0) is 22.3. The van der Waals surface area contributed by atoms with Gasteiger partial charge in [0.25, 0.3) is 5.76 Å². The molecular formula is C25H21N3O4. The van der Waals surface area contributed by atoms with E-state index in [1.807, 2.05) is 48.5 Å². The van der Waals surface area contributed by atoms with Gasteiger partial charge in [0.05, 0.1) is 12.2 Å². The Kier molecular flexibility index (Phi) is 6.27. The molecule has 0 saturated heterocycles. The molecule has 4 rings (SSSR count). The van der Waals surface area contributed by atoms with E-state index >= 15 is 0 Å². The topological polar surface area (TPSA) is 93.5 Å². The summed E-state index contributed by atoms with van der Waals surface area (Å²) in [6.07, 6.45) is 0. The third-order valence-corrected chi connectivity index (χ3v) is 4.66. The van der Waals surface area contributed by atoms with Gasteiger partial charge in [-0.1, -0.05) is 65.8 Å². The standard InChI is InChI=1S/C25H21N3O4/c1-2-31-24(29)23-21(17-9-5-3-6-10-17)22(28-32-23)18-13-15-20(16-14-18)27-25(30)26-19-11-7-4-8-12-19/h3-16H,2H2,1H3,(H2,26,27,30). The van der Waals surface area contributed by atoms with Crippen LogP contribution in [0.1, 0.15) is 17.5 Å². The minimum Gasteiger partial charge on any atom is -0.460 e. The molecule has 0 spiro atoms. The van der Waals surface area contributed by atoms with Crippen molar-refractivity contribution < 1.29 is 18.8 Å². The maximum absolute atomic E-state index is 12.4. The number of carbonyl (C=O) groups is 2. The summed E-state index contributed by atoms with van der Waals surface area (Å²) in [5, 5.41) is 9.69. The lowest BCUT2D eigenvalue weighted by Crippen LogP contribution is -2.19. The van der Waals surface area contributed by atoms with Crippen LogP contribution in [0.25, 0.3) is 22.4 Å². The number of esters is 1. The van der Waals surface area contributed by atoms with Crippen molar-refractivity contribution in [3.05, 3.63) is 90.7 Å². The molecule has 4 aromatic rings. The lowest BCUT2D eigenvalue weighted by Gasteiger charge is -2.08. The first kappa shape index (κ1) is 20.9. The summed E-state index contributed by atoms with van der Waals surface area (Å²) < 4.78 is 10.5. The Balaban J connectivity index is 1.59. The first-order valence-electron chi connectivity index (χ1n) is 10.1. The number of ether oxygens (including phenoxy) is 1. The van der Waals surface area contributed by atoms with Crippen LogP contribution in [-0.2, 0) is 4.74 Å². The fraction of sp³-hybridized carbons (Fsp3) is 0.0800. The van der Waals surface area contributed by atoms with Crippen molar-refractivity contribution in [2.75, 3.05) is 17.2 Å². The van der Waals surface area contributed by atoms with E-state index in [-0.39, 0.29) is 18.4 Å². The highest BCUT2D eigenvalue weighted by Crippen LogP contribution is 2.35. The smallest absolute Gasteiger partial charge is 0.377 e. The molecule has 7 nitrogen and oxygen atoms in total. The molecule has 2 N–H and O–H groups in total. The van der Waals surface area contributed by atoms with Crippen molar-refractivity contribution >= 4 is 23.4 Å². The van der Waals surface area contributed by atoms with Crippen LogP contribution in [0.2, 0.25) is 0 Å². The van der Waals surface area contributed by atoms with E-state index < -0.39 is 5.97 Å². The van der Waals surface area contributed by atoms with Crippen molar-refractivity contribution in [2.45, 2.75) is 6.92 Å². The Morgan fingerprint density at radius 2 is 1.41 bits per heavy atom. The number of hydrogen-bond acceptors (Lipinski definition) is 5. The van der Waals surface area contributed by atoms with Crippen LogP contribution in [0.15, 0.2) is 89.5 Å². The summed E-state index contributed by atoms with van der Waals surface area (Å²) in [7, 11) is 0. The number of rotatable bonds is 6. The van der Waals surface area contributed by atoms with Gasteiger partial charge in [0, 0.05) is 16.9 Å². The molecule has 0 unspecified atom stereocenters. The average molecular weight is 427 g/mol. The summed E-state index contributed by atoms with van der Waals surface area (Å²) in [5.41, 5.74) is 3.90. The van der Waals surface area contributed by atoms with Crippen molar-refractivity contribution in [1.82, 2.24) is 5.16 Å². The van der Waals surface area contributed by atoms with Crippen molar-refractivity contribution in [3.63, 3.8) is 0 Å². The fourth-order valence-corrected chi connectivity index (χ4v) is 3.22. The number of urea groups is 1. The number of benzene rings is 3. The second-order valence-corrected chi connectivity index (χ2v) is 6.84. The molecule has 0 aliphatic heterocycles. The highest BCUT2D eigenvalue weighted by molar-refractivity contribution is 6.00. The van der Waals surface area contributed by atoms with E-state index in [1.54, 1.807) is 43.3 Å². The lowest BCUT2D eigenvalue weighted by molar-refractivity contribution is 0.0481. The second-order valence-electron chi connectivity index (χ2n) is 6.84. The highest BCUT2D eigenvalue weighted by atomic mass is 16.6. The molecule has 0 aliphatic rings. The average Bonchev–Trinajstić information content (AvgIpc) is 3.26. The Morgan fingerprint density at radius 1 is 0.812 bits per heavy atom. The Labute approximate surface area is 185 Å². The lowest BCUT2D eigenvalue weighted by atomic mass is 9.99. The summed E-state index contributed by atoms with van der Waals surface area (Å²) in [6.45, 7) is 1.96. The van der Waals surface area contributed by atoms with Crippen molar-refractivity contribution in [3.8, 4) is 22.4 Å². The van der Waals surface area contributed by atoms with Crippen LogP contribution in [0, 0.1) is 0 Å². The van der Waals surface area contributed by atoms with Gasteiger partial charge in [0.2, 0.25) is 0 Å². The van der Waals surface area contributed by atoms with E-state index in [0.717, 1.165) is 11.1 Å². The quantitative estimate of drug-likeness (QED) is 0.378. The van der Waals surface area contributed by atoms with Gasteiger partial charge in [-0.3, -0.25) is 0 Å². The molecule has 32 heavy (non-hydrogen) atoms. The molecule has 1 heterocycles. The van der Waals surface area contributed by atoms with E-state index in [0.29, 0.717) is 22.6 Å². The summed E-state index contributed by atoms with van der Waals surface area (Å²) in [5.74, 6) is -0.515. The molecule has 0 saturated carbocycles. The van der Waals surface area contributed by atoms with Gasteiger partial charge >= 0.3 is 12.0 Å². The molecule has 3 aromatic carbocycles. The number of aromatic nitrogens is 1. The molecule has 0 radical (unpaired) electrons. The van der Waals surface area contributed by atoms with Gasteiger partial charge in [0.15, 0.2) is 0 Å². The summed E-state index contributed by atoms with van der Waals surface area (Å²) >= 11 is 0. The van der Waals surface area contributed by atoms with E-state index in [4.69, 9.17) is 9.26 Å². The molecule has 2 amide bonds. The zero-order valence-corrected chi connectivity index (χ0v) is 17.4. The molecule has 0 atom stereocenters. The number of carbonyl (C=O) groups excluding carboxylic acids is 2. The maximum atomic E-state index is 12.4. The molecule has 160 valence electrons. The first-order chi connectivity index (χ1) is 15.7. The Morgan fingerprint density at radius 3 is 2.03 bits per heavy atom. The number of anilines is 2. The SMILES string of the molecule is CCOC(=O)c1onc(-c2ccc(NC(=O)Nc3ccccc3)cc2)c1-c1ccccc1. The first-order valence-corrected chi connectivity index (χ1v) is 10.1. The largest absolute Gasteiger partial charge is 0.460 e. The highest BCUT2D eigenvalue weighted by Gasteiger charge is 2.25. The van der Waals surface area contributed by atoms with E-state index in [2.05, 4.69) is 15.8 Å². The predicted molar refractivity (Wildman–Crippen MR) is 122 cm³/mol. The van der Waals surface area contributed by atoms with Crippen LogP contribution < -0.4 is 10.6 Å². The number of nitrogens with one attached hydrogen (secondary N) is 2. The molecule has 0 fully saturated rings. The molecule has 1 aromatic heterocycles. The molecular weight excluding hydrogens is 406 g/mol. The van der Waals surface area contributed by atoms with E-state index in [9.17, 15) is 9.59 Å². The molecule has 0 aliphatic carbocycles. The maximum Gasteiger partial charge on any atom is 0.377 e. The van der Waals surface area contributed by atoms with Gasteiger partial charge < -0.3 is 19.9 Å². The molecule has 7 heteroatoms. The monoisotopic (exact) mass is 427 g/mol. The summed E-state index contributed by atoms with van der Waals surface area (Å²) in [4.78, 5) is 24.6. The van der Waals surface area contributed by atoms with Gasteiger partial charge in [-0.15, -0.1) is 0 Å². The number of amides is 2. The van der Waals surface area contributed by atoms with Crippen LogP contribution in [0.3, 0.4) is 0 Å². The van der Waals surface area contributed by atoms with Gasteiger partial charge in [-0.05, 0) is 36.8 Å². The van der Waals surface area contributed by atoms with Crippen LogP contribution >= 0.6 is 0 Å².